The van der Waals surface area contributed by atoms with Crippen molar-refractivity contribution in [3.05, 3.63) is 83.1 Å². The summed E-state index contributed by atoms with van der Waals surface area (Å²) < 4.78 is 15.1. The molecule has 2 atom stereocenters. The highest BCUT2D eigenvalue weighted by Crippen LogP contribution is 2.45. The third-order valence-corrected chi connectivity index (χ3v) is 5.42. The Kier molecular flexibility index (Phi) is 3.75. The van der Waals surface area contributed by atoms with E-state index in [1.54, 1.807) is 28.9 Å². The lowest BCUT2D eigenvalue weighted by molar-refractivity contribution is -0.116. The Labute approximate surface area is 160 Å². The molecule has 28 heavy (non-hydrogen) atoms. The fourth-order valence-electron chi connectivity index (χ4n) is 4.16. The van der Waals surface area contributed by atoms with Crippen LogP contribution in [0.4, 0.5) is 10.3 Å². The lowest BCUT2D eigenvalue weighted by Gasteiger charge is -2.35. The topological polar surface area (TPSA) is 80.0 Å². The van der Waals surface area contributed by atoms with Gasteiger partial charge >= 0.3 is 0 Å². The largest absolute Gasteiger partial charge is 0.508 e. The number of ketones is 1. The molecule has 0 saturated carbocycles. The third-order valence-electron chi connectivity index (χ3n) is 5.42. The maximum Gasteiger partial charge on any atom is 0.226 e. The zero-order chi connectivity index (χ0) is 19.3. The predicted octanol–water partition coefficient (Wildman–Crippen LogP) is 3.54. The summed E-state index contributed by atoms with van der Waals surface area (Å²) in [4.78, 5) is 17.4. The van der Waals surface area contributed by atoms with Crippen LogP contribution < -0.4 is 5.32 Å². The van der Waals surface area contributed by atoms with E-state index in [1.807, 2.05) is 12.1 Å². The van der Waals surface area contributed by atoms with Crippen molar-refractivity contribution in [1.29, 1.82) is 0 Å². The molecule has 0 spiro atoms. The van der Waals surface area contributed by atoms with Crippen molar-refractivity contribution in [1.82, 2.24) is 14.8 Å². The first kappa shape index (κ1) is 16.7. The Morgan fingerprint density at radius 1 is 1.11 bits per heavy atom. The fraction of sp³-hybridized carbons (Fsp3) is 0.190. The number of carbonyl (C=O) groups excluding carboxylic acids is 1. The Hall–Kier alpha value is -3.48. The standard InChI is InChI=1S/C21H17FN4O2/c22-14-7-5-12(6-8-14)20-19-16(25-21-23-11-24-26(20)21)9-13(10-18(19)28)15-3-1-2-4-17(15)27/h1-8,11,13,20,27H,9-10H2,(H,23,24,25). The zero-order valence-corrected chi connectivity index (χ0v) is 14.8. The number of fused-ring (bicyclic) bond motifs is 1. The molecule has 2 unspecified atom stereocenters. The lowest BCUT2D eigenvalue weighted by atomic mass is 9.77. The second-order valence-corrected chi connectivity index (χ2v) is 7.09. The first-order valence-electron chi connectivity index (χ1n) is 9.08. The quantitative estimate of drug-likeness (QED) is 0.715. The van der Waals surface area contributed by atoms with E-state index in [1.165, 1.54) is 18.5 Å². The molecule has 1 aliphatic heterocycles. The number of nitrogens with one attached hydrogen (secondary N) is 1. The smallest absolute Gasteiger partial charge is 0.226 e. The number of rotatable bonds is 2. The molecule has 0 fully saturated rings. The number of hydrogen-bond acceptors (Lipinski definition) is 5. The van der Waals surface area contributed by atoms with Crippen LogP contribution in [0.5, 0.6) is 5.75 Å². The number of nitrogens with zero attached hydrogens (tertiary/aromatic N) is 3. The molecule has 140 valence electrons. The van der Waals surface area contributed by atoms with Gasteiger partial charge in [0.1, 0.15) is 23.9 Å². The van der Waals surface area contributed by atoms with Crippen molar-refractivity contribution in [3.8, 4) is 5.75 Å². The summed E-state index contributed by atoms with van der Waals surface area (Å²) in [7, 11) is 0. The van der Waals surface area contributed by atoms with Crippen LogP contribution in [-0.4, -0.2) is 25.7 Å². The van der Waals surface area contributed by atoms with Crippen LogP contribution in [0.1, 0.15) is 35.9 Å². The summed E-state index contributed by atoms with van der Waals surface area (Å²) in [5.41, 5.74) is 2.93. The van der Waals surface area contributed by atoms with Crippen molar-refractivity contribution in [3.63, 3.8) is 0 Å². The van der Waals surface area contributed by atoms with Crippen LogP contribution in [0, 0.1) is 5.82 Å². The highest BCUT2D eigenvalue weighted by atomic mass is 19.1. The molecule has 2 aromatic carbocycles. The van der Waals surface area contributed by atoms with Crippen molar-refractivity contribution in [2.24, 2.45) is 0 Å². The number of carbonyl (C=O) groups is 1. The highest BCUT2D eigenvalue weighted by molar-refractivity contribution is 6.00. The van der Waals surface area contributed by atoms with Gasteiger partial charge in [0.25, 0.3) is 0 Å². The van der Waals surface area contributed by atoms with Crippen LogP contribution in [-0.2, 0) is 4.79 Å². The van der Waals surface area contributed by atoms with E-state index in [0.717, 1.165) is 16.8 Å². The average Bonchev–Trinajstić information content (AvgIpc) is 3.15. The van der Waals surface area contributed by atoms with Crippen molar-refractivity contribution >= 4 is 11.7 Å². The lowest BCUT2D eigenvalue weighted by Crippen LogP contribution is -2.33. The normalized spacial score (nSPS) is 21.1. The first-order chi connectivity index (χ1) is 13.6. The summed E-state index contributed by atoms with van der Waals surface area (Å²) in [5.74, 6) is 0.262. The summed E-state index contributed by atoms with van der Waals surface area (Å²) >= 11 is 0. The molecule has 0 amide bonds. The van der Waals surface area contributed by atoms with Crippen LogP contribution in [0.15, 0.2) is 66.1 Å². The van der Waals surface area contributed by atoms with Crippen molar-refractivity contribution in [2.45, 2.75) is 24.8 Å². The van der Waals surface area contributed by atoms with Gasteiger partial charge in [-0.1, -0.05) is 30.3 Å². The monoisotopic (exact) mass is 376 g/mol. The highest BCUT2D eigenvalue weighted by Gasteiger charge is 2.39. The predicted molar refractivity (Wildman–Crippen MR) is 100 cm³/mol. The number of halogens is 1. The summed E-state index contributed by atoms with van der Waals surface area (Å²) in [6.07, 6.45) is 2.30. The van der Waals surface area contributed by atoms with Crippen LogP contribution >= 0.6 is 0 Å². The summed E-state index contributed by atoms with van der Waals surface area (Å²) in [5, 5.41) is 17.7. The molecule has 2 N–H and O–H groups in total. The number of anilines is 1. The number of benzene rings is 2. The minimum absolute atomic E-state index is 0.0162. The van der Waals surface area contributed by atoms with Gasteiger partial charge in [-0.2, -0.15) is 10.1 Å². The van der Waals surface area contributed by atoms with E-state index in [2.05, 4.69) is 15.4 Å². The number of hydrogen-bond donors (Lipinski definition) is 2. The van der Waals surface area contributed by atoms with Crippen LogP contribution in [0.2, 0.25) is 0 Å². The van der Waals surface area contributed by atoms with Gasteiger partial charge in [-0.05, 0) is 35.7 Å². The molecule has 1 aromatic heterocycles. The molecule has 6 nitrogen and oxygen atoms in total. The Morgan fingerprint density at radius 3 is 2.68 bits per heavy atom. The first-order valence-corrected chi connectivity index (χ1v) is 9.08. The average molecular weight is 376 g/mol. The maximum absolute atomic E-state index is 13.4. The Balaban J connectivity index is 1.61. The van der Waals surface area contributed by atoms with Gasteiger partial charge in [0.2, 0.25) is 5.95 Å². The van der Waals surface area contributed by atoms with E-state index in [0.29, 0.717) is 24.4 Å². The molecule has 0 radical (unpaired) electrons. The Bertz CT molecular complexity index is 1100. The Morgan fingerprint density at radius 2 is 1.89 bits per heavy atom. The summed E-state index contributed by atoms with van der Waals surface area (Å²) in [6, 6.07) is 12.8. The molecule has 3 aromatic rings. The van der Waals surface area contributed by atoms with Gasteiger partial charge in [-0.15, -0.1) is 0 Å². The van der Waals surface area contributed by atoms with E-state index in [9.17, 15) is 14.3 Å². The van der Waals surface area contributed by atoms with Crippen molar-refractivity contribution < 1.29 is 14.3 Å². The van der Waals surface area contributed by atoms with E-state index < -0.39 is 6.04 Å². The molecule has 5 rings (SSSR count). The van der Waals surface area contributed by atoms with Gasteiger partial charge in [-0.3, -0.25) is 4.79 Å². The molecule has 2 aliphatic rings. The van der Waals surface area contributed by atoms with E-state index in [4.69, 9.17) is 0 Å². The van der Waals surface area contributed by atoms with Gasteiger partial charge in [0, 0.05) is 23.6 Å². The number of allylic oxidation sites excluding steroid dienone is 2. The third kappa shape index (κ3) is 2.58. The van der Waals surface area contributed by atoms with Crippen LogP contribution in [0.25, 0.3) is 0 Å². The number of Topliss-reactive ketones (excluding diaryl/α,β-unsaturated/α-hetero) is 1. The number of phenols is 1. The van der Waals surface area contributed by atoms with E-state index >= 15 is 0 Å². The maximum atomic E-state index is 13.4. The molecular formula is C21H17FN4O2. The SMILES string of the molecule is O=C1CC(c2ccccc2O)CC2=C1C(c1ccc(F)cc1)n1ncnc1N2. The van der Waals surface area contributed by atoms with Crippen LogP contribution in [0.3, 0.4) is 0 Å². The van der Waals surface area contributed by atoms with Crippen molar-refractivity contribution in [2.75, 3.05) is 5.32 Å². The minimum atomic E-state index is -0.452. The zero-order valence-electron chi connectivity index (χ0n) is 14.8. The van der Waals surface area contributed by atoms with Gasteiger partial charge in [0.15, 0.2) is 5.78 Å². The molecule has 7 heteroatoms. The second kappa shape index (κ2) is 6.30. The second-order valence-electron chi connectivity index (χ2n) is 7.09. The number of phenolic OH excluding ortho intramolecular Hbond substituents is 1. The summed E-state index contributed by atoms with van der Waals surface area (Å²) in [6.45, 7) is 0. The fourth-order valence-corrected chi connectivity index (χ4v) is 4.16. The van der Waals surface area contributed by atoms with Gasteiger partial charge in [-0.25, -0.2) is 9.07 Å². The minimum Gasteiger partial charge on any atom is -0.508 e. The number of aromatic nitrogens is 3. The molecule has 0 bridgehead atoms. The van der Waals surface area contributed by atoms with E-state index in [-0.39, 0.29) is 23.3 Å². The van der Waals surface area contributed by atoms with Gasteiger partial charge < -0.3 is 10.4 Å². The number of aromatic hydroxyl groups is 1. The molecule has 1 aliphatic carbocycles. The number of para-hydroxylation sites is 1. The molecular weight excluding hydrogens is 359 g/mol. The molecule has 2 heterocycles. The van der Waals surface area contributed by atoms with Gasteiger partial charge in [0.05, 0.1) is 0 Å². The molecule has 0 saturated heterocycles.